The highest BCUT2D eigenvalue weighted by molar-refractivity contribution is 8.00. The molecule has 0 aliphatic rings. The third-order valence-electron chi connectivity index (χ3n) is 2.63. The van der Waals surface area contributed by atoms with E-state index in [4.69, 9.17) is 0 Å². The summed E-state index contributed by atoms with van der Waals surface area (Å²) in [5.74, 6) is -0.185. The number of ether oxygens (including phenoxy) is 1. The van der Waals surface area contributed by atoms with Gasteiger partial charge in [0, 0.05) is 16.8 Å². The smallest absolute Gasteiger partial charge is 0.306 e. The highest BCUT2D eigenvalue weighted by Crippen LogP contribution is 2.29. The number of carbonyl (C=O) groups is 1. The van der Waals surface area contributed by atoms with Crippen LogP contribution in [0.15, 0.2) is 41.6 Å². The molecule has 2 aromatic rings. The van der Waals surface area contributed by atoms with Crippen molar-refractivity contribution in [2.75, 3.05) is 7.11 Å². The van der Waals surface area contributed by atoms with E-state index < -0.39 is 0 Å². The normalized spacial score (nSPS) is 12.3. The quantitative estimate of drug-likeness (QED) is 0.625. The summed E-state index contributed by atoms with van der Waals surface area (Å²) in [6.45, 7) is 2.00. The molecule has 0 radical (unpaired) electrons. The lowest BCUT2D eigenvalue weighted by molar-refractivity contribution is -0.140. The van der Waals surface area contributed by atoms with Crippen molar-refractivity contribution in [3.05, 3.63) is 36.5 Å². The second kappa shape index (κ2) is 5.87. The standard InChI is InChI=1S/C14H15NO2S/c1-10(9-13(16)17-2)18-14-12-6-4-3-5-11(12)7-8-15-14/h3-8,10H,9H2,1-2H3. The zero-order valence-electron chi connectivity index (χ0n) is 10.4. The van der Waals surface area contributed by atoms with Gasteiger partial charge in [-0.15, -0.1) is 11.8 Å². The second-order valence-corrected chi connectivity index (χ2v) is 5.47. The lowest BCUT2D eigenvalue weighted by atomic mass is 10.2. The van der Waals surface area contributed by atoms with Crippen LogP contribution in [-0.4, -0.2) is 23.3 Å². The van der Waals surface area contributed by atoms with Crippen molar-refractivity contribution in [3.63, 3.8) is 0 Å². The number of rotatable bonds is 4. The molecule has 1 aromatic heterocycles. The molecule has 0 saturated heterocycles. The summed E-state index contributed by atoms with van der Waals surface area (Å²) in [5, 5.41) is 3.40. The number of hydrogen-bond donors (Lipinski definition) is 0. The van der Waals surface area contributed by atoms with Crippen molar-refractivity contribution in [1.82, 2.24) is 4.98 Å². The van der Waals surface area contributed by atoms with Gasteiger partial charge in [0.1, 0.15) is 5.03 Å². The molecule has 0 fully saturated rings. The van der Waals surface area contributed by atoms with Gasteiger partial charge in [-0.25, -0.2) is 4.98 Å². The third-order valence-corrected chi connectivity index (χ3v) is 3.75. The van der Waals surface area contributed by atoms with Crippen LogP contribution < -0.4 is 0 Å². The van der Waals surface area contributed by atoms with Crippen molar-refractivity contribution >= 4 is 28.5 Å². The average molecular weight is 261 g/mol. The molecular formula is C14H15NO2S. The number of pyridine rings is 1. The summed E-state index contributed by atoms with van der Waals surface area (Å²) < 4.78 is 4.67. The van der Waals surface area contributed by atoms with E-state index in [1.165, 1.54) is 12.5 Å². The van der Waals surface area contributed by atoms with E-state index in [2.05, 4.69) is 21.9 Å². The van der Waals surface area contributed by atoms with Gasteiger partial charge in [-0.05, 0) is 11.5 Å². The number of thioether (sulfide) groups is 1. The SMILES string of the molecule is COC(=O)CC(C)Sc1nccc2ccccc12. The van der Waals surface area contributed by atoms with Gasteiger partial charge in [0.15, 0.2) is 0 Å². The molecule has 1 atom stereocenters. The highest BCUT2D eigenvalue weighted by atomic mass is 32.2. The Balaban J connectivity index is 2.19. The minimum absolute atomic E-state index is 0.149. The van der Waals surface area contributed by atoms with Gasteiger partial charge >= 0.3 is 5.97 Å². The Morgan fingerprint density at radius 1 is 1.39 bits per heavy atom. The maximum absolute atomic E-state index is 11.2. The molecule has 0 bridgehead atoms. The Hall–Kier alpha value is -1.55. The summed E-state index contributed by atoms with van der Waals surface area (Å²) in [6.07, 6.45) is 2.20. The van der Waals surface area contributed by atoms with Gasteiger partial charge in [-0.3, -0.25) is 4.79 Å². The number of methoxy groups -OCH3 is 1. The predicted octanol–water partition coefficient (Wildman–Crippen LogP) is 3.28. The maximum atomic E-state index is 11.2. The third kappa shape index (κ3) is 3.01. The maximum Gasteiger partial charge on any atom is 0.306 e. The van der Waals surface area contributed by atoms with Crippen molar-refractivity contribution in [2.45, 2.75) is 23.6 Å². The Labute approximate surface area is 111 Å². The fraction of sp³-hybridized carbons (Fsp3) is 0.286. The predicted molar refractivity (Wildman–Crippen MR) is 73.7 cm³/mol. The molecule has 1 unspecified atom stereocenters. The van der Waals surface area contributed by atoms with Crippen LogP contribution >= 0.6 is 11.8 Å². The summed E-state index contributed by atoms with van der Waals surface area (Å²) in [4.78, 5) is 15.6. The minimum atomic E-state index is -0.185. The van der Waals surface area contributed by atoms with Gasteiger partial charge in [0.25, 0.3) is 0 Å². The molecule has 3 nitrogen and oxygen atoms in total. The van der Waals surface area contributed by atoms with Gasteiger partial charge in [0.2, 0.25) is 0 Å². The molecule has 94 valence electrons. The molecule has 0 aliphatic carbocycles. The van der Waals surface area contributed by atoms with Crippen LogP contribution in [0.25, 0.3) is 10.8 Å². The van der Waals surface area contributed by atoms with Crippen molar-refractivity contribution in [1.29, 1.82) is 0 Å². The largest absolute Gasteiger partial charge is 0.469 e. The van der Waals surface area contributed by atoms with Crippen LogP contribution in [0.1, 0.15) is 13.3 Å². The van der Waals surface area contributed by atoms with Crippen LogP contribution in [0, 0.1) is 0 Å². The van der Waals surface area contributed by atoms with E-state index in [9.17, 15) is 4.79 Å². The number of hydrogen-bond acceptors (Lipinski definition) is 4. The molecule has 0 saturated carbocycles. The summed E-state index contributed by atoms with van der Waals surface area (Å²) in [5.41, 5.74) is 0. The number of nitrogens with zero attached hydrogens (tertiary/aromatic N) is 1. The van der Waals surface area contributed by atoms with Gasteiger partial charge in [0.05, 0.1) is 13.5 Å². The van der Waals surface area contributed by atoms with Crippen LogP contribution in [0.5, 0.6) is 0 Å². The van der Waals surface area contributed by atoms with Crippen molar-refractivity contribution in [3.8, 4) is 0 Å². The van der Waals surface area contributed by atoms with Crippen LogP contribution in [0.3, 0.4) is 0 Å². The number of carbonyl (C=O) groups excluding carboxylic acids is 1. The molecule has 0 amide bonds. The fourth-order valence-corrected chi connectivity index (χ4v) is 2.77. The summed E-state index contributed by atoms with van der Waals surface area (Å²) in [6, 6.07) is 10.1. The van der Waals surface area contributed by atoms with E-state index >= 15 is 0 Å². The molecule has 0 aliphatic heterocycles. The summed E-state index contributed by atoms with van der Waals surface area (Å²) >= 11 is 1.60. The zero-order chi connectivity index (χ0) is 13.0. The Bertz CT molecular complexity index is 551. The molecule has 18 heavy (non-hydrogen) atoms. The number of esters is 1. The first-order valence-electron chi connectivity index (χ1n) is 5.78. The minimum Gasteiger partial charge on any atom is -0.469 e. The molecule has 0 spiro atoms. The highest BCUT2D eigenvalue weighted by Gasteiger charge is 2.12. The van der Waals surface area contributed by atoms with E-state index in [1.54, 1.807) is 18.0 Å². The second-order valence-electron chi connectivity index (χ2n) is 4.05. The summed E-state index contributed by atoms with van der Waals surface area (Å²) in [7, 11) is 1.41. The van der Waals surface area contributed by atoms with Crippen molar-refractivity contribution in [2.24, 2.45) is 0 Å². The monoisotopic (exact) mass is 261 g/mol. The van der Waals surface area contributed by atoms with Gasteiger partial charge in [-0.2, -0.15) is 0 Å². The number of aromatic nitrogens is 1. The topological polar surface area (TPSA) is 39.2 Å². The molecule has 2 rings (SSSR count). The van der Waals surface area contributed by atoms with Gasteiger partial charge < -0.3 is 4.74 Å². The Morgan fingerprint density at radius 2 is 2.17 bits per heavy atom. The lowest BCUT2D eigenvalue weighted by Gasteiger charge is -2.10. The van der Waals surface area contributed by atoms with E-state index in [0.29, 0.717) is 6.42 Å². The Kier molecular flexibility index (Phi) is 4.20. The zero-order valence-corrected chi connectivity index (χ0v) is 11.2. The molecule has 4 heteroatoms. The Morgan fingerprint density at radius 3 is 2.94 bits per heavy atom. The first-order chi connectivity index (χ1) is 8.70. The average Bonchev–Trinajstić information content (AvgIpc) is 2.39. The number of fused-ring (bicyclic) bond motifs is 1. The first-order valence-corrected chi connectivity index (χ1v) is 6.66. The molecule has 0 N–H and O–H groups in total. The van der Waals surface area contributed by atoms with Crippen LogP contribution in [0.4, 0.5) is 0 Å². The molecular weight excluding hydrogens is 246 g/mol. The molecule has 1 heterocycles. The van der Waals surface area contributed by atoms with E-state index in [-0.39, 0.29) is 11.2 Å². The van der Waals surface area contributed by atoms with Gasteiger partial charge in [-0.1, -0.05) is 31.2 Å². The lowest BCUT2D eigenvalue weighted by Crippen LogP contribution is -2.08. The van der Waals surface area contributed by atoms with Crippen LogP contribution in [-0.2, 0) is 9.53 Å². The van der Waals surface area contributed by atoms with E-state index in [1.807, 2.05) is 25.1 Å². The number of benzene rings is 1. The van der Waals surface area contributed by atoms with Crippen molar-refractivity contribution < 1.29 is 9.53 Å². The van der Waals surface area contributed by atoms with Crippen LogP contribution in [0.2, 0.25) is 0 Å². The fourth-order valence-electron chi connectivity index (χ4n) is 1.74. The first kappa shape index (κ1) is 12.9. The molecule has 1 aromatic carbocycles. The van der Waals surface area contributed by atoms with E-state index in [0.717, 1.165) is 10.4 Å².